The van der Waals surface area contributed by atoms with Gasteiger partial charge in [-0.3, -0.25) is 10.1 Å². The number of rotatable bonds is 5. The maximum Gasteiger partial charge on any atom is 0.321 e. The normalized spacial score (nSPS) is 19.7. The van der Waals surface area contributed by atoms with E-state index in [1.165, 1.54) is 17.4 Å². The van der Waals surface area contributed by atoms with Crippen LogP contribution < -0.4 is 10.6 Å². The van der Waals surface area contributed by atoms with Crippen LogP contribution in [-0.2, 0) is 11.2 Å². The molecule has 1 fully saturated rings. The number of carbonyl (C=O) groups is 2. The van der Waals surface area contributed by atoms with Gasteiger partial charge < -0.3 is 10.4 Å². The fourth-order valence-corrected chi connectivity index (χ4v) is 3.74. The van der Waals surface area contributed by atoms with Gasteiger partial charge in [-0.25, -0.2) is 9.18 Å². The van der Waals surface area contributed by atoms with Crippen LogP contribution in [0, 0.1) is 11.7 Å². The van der Waals surface area contributed by atoms with Gasteiger partial charge in [0.2, 0.25) is 5.13 Å². The Morgan fingerprint density at radius 1 is 1.19 bits per heavy atom. The van der Waals surface area contributed by atoms with Crippen molar-refractivity contribution >= 4 is 28.5 Å². The van der Waals surface area contributed by atoms with Crippen molar-refractivity contribution in [3.05, 3.63) is 40.7 Å². The molecule has 2 aromatic rings. The van der Waals surface area contributed by atoms with Crippen molar-refractivity contribution in [2.24, 2.45) is 5.92 Å². The molecule has 1 aromatic heterocycles. The summed E-state index contributed by atoms with van der Waals surface area (Å²) < 4.78 is 13.7. The van der Waals surface area contributed by atoms with Crippen LogP contribution in [0.4, 0.5) is 14.3 Å². The molecule has 1 aliphatic carbocycles. The molecule has 0 spiro atoms. The largest absolute Gasteiger partial charge is 0.481 e. The van der Waals surface area contributed by atoms with Gasteiger partial charge >= 0.3 is 12.0 Å². The number of nitrogens with zero attached hydrogens (tertiary/aromatic N) is 2. The lowest BCUT2D eigenvalue weighted by Gasteiger charge is -2.26. The first-order valence-corrected chi connectivity index (χ1v) is 9.19. The minimum absolute atomic E-state index is 0.0450. The number of carboxylic acids is 1. The Labute approximate surface area is 153 Å². The number of carbonyl (C=O) groups excluding carboxylic acids is 1. The summed E-state index contributed by atoms with van der Waals surface area (Å²) in [6.07, 6.45) is 2.71. The zero-order chi connectivity index (χ0) is 18.5. The summed E-state index contributed by atoms with van der Waals surface area (Å²) in [5, 5.41) is 23.3. The Morgan fingerprint density at radius 3 is 2.62 bits per heavy atom. The second kappa shape index (κ2) is 8.22. The van der Waals surface area contributed by atoms with Crippen LogP contribution in [0.2, 0.25) is 0 Å². The van der Waals surface area contributed by atoms with Gasteiger partial charge in [-0.2, -0.15) is 0 Å². The number of halogens is 1. The number of nitrogens with one attached hydrogen (secondary N) is 2. The highest BCUT2D eigenvalue weighted by Crippen LogP contribution is 2.25. The number of hydrogen-bond acceptors (Lipinski definition) is 5. The first-order valence-electron chi connectivity index (χ1n) is 8.37. The lowest BCUT2D eigenvalue weighted by molar-refractivity contribution is -0.142. The van der Waals surface area contributed by atoms with E-state index in [0.717, 1.165) is 0 Å². The van der Waals surface area contributed by atoms with Gasteiger partial charge in [-0.05, 0) is 37.3 Å². The van der Waals surface area contributed by atoms with Crippen molar-refractivity contribution in [3.8, 4) is 0 Å². The summed E-state index contributed by atoms with van der Waals surface area (Å²) in [6.45, 7) is 0. The third-order valence-corrected chi connectivity index (χ3v) is 5.24. The lowest BCUT2D eigenvalue weighted by Crippen LogP contribution is -2.40. The third-order valence-electron chi connectivity index (χ3n) is 4.40. The van der Waals surface area contributed by atoms with Crippen molar-refractivity contribution in [3.63, 3.8) is 0 Å². The van der Waals surface area contributed by atoms with Gasteiger partial charge in [0.15, 0.2) is 0 Å². The molecule has 0 aliphatic heterocycles. The highest BCUT2D eigenvalue weighted by molar-refractivity contribution is 7.15. The Bertz CT molecular complexity index is 790. The topological polar surface area (TPSA) is 104 Å². The number of urea groups is 1. The van der Waals surface area contributed by atoms with Crippen molar-refractivity contribution in [2.75, 3.05) is 5.32 Å². The van der Waals surface area contributed by atoms with Crippen molar-refractivity contribution in [1.29, 1.82) is 0 Å². The van der Waals surface area contributed by atoms with Crippen LogP contribution >= 0.6 is 11.3 Å². The molecule has 1 aromatic carbocycles. The monoisotopic (exact) mass is 378 g/mol. The number of aromatic nitrogens is 2. The Hall–Kier alpha value is -2.55. The number of aliphatic carboxylic acids is 1. The maximum absolute atomic E-state index is 13.7. The van der Waals surface area contributed by atoms with Crippen molar-refractivity contribution in [2.45, 2.75) is 38.1 Å². The summed E-state index contributed by atoms with van der Waals surface area (Å²) in [5.41, 5.74) is 0.523. The number of amides is 2. The summed E-state index contributed by atoms with van der Waals surface area (Å²) in [6, 6.07) is 6.02. The lowest BCUT2D eigenvalue weighted by atomic mass is 9.86. The quantitative estimate of drug-likeness (QED) is 0.742. The maximum atomic E-state index is 13.7. The minimum Gasteiger partial charge on any atom is -0.481 e. The molecule has 138 valence electrons. The fourth-order valence-electron chi connectivity index (χ4n) is 2.98. The summed E-state index contributed by atoms with van der Waals surface area (Å²) in [4.78, 5) is 23.0. The highest BCUT2D eigenvalue weighted by atomic mass is 32.1. The molecule has 1 heterocycles. The van der Waals surface area contributed by atoms with E-state index in [1.54, 1.807) is 18.2 Å². The standard InChI is InChI=1S/C17H19FN4O3S/c18-13-4-2-1-3-11(13)9-14-21-22-17(26-14)20-16(25)19-12-7-5-10(6-8-12)15(23)24/h1-4,10,12H,5-9H2,(H,23,24)(H2,19,20,22,25). The minimum atomic E-state index is -0.774. The average molecular weight is 378 g/mol. The molecule has 26 heavy (non-hydrogen) atoms. The Kier molecular flexibility index (Phi) is 5.77. The van der Waals surface area contributed by atoms with E-state index in [4.69, 9.17) is 5.11 Å². The van der Waals surface area contributed by atoms with Crippen molar-refractivity contribution in [1.82, 2.24) is 15.5 Å². The number of anilines is 1. The molecule has 7 nitrogen and oxygen atoms in total. The van der Waals surface area contributed by atoms with E-state index in [-0.39, 0.29) is 17.8 Å². The van der Waals surface area contributed by atoms with Crippen LogP contribution in [0.3, 0.4) is 0 Å². The smallest absolute Gasteiger partial charge is 0.321 e. The van der Waals surface area contributed by atoms with Crippen LogP contribution in [0.1, 0.15) is 36.3 Å². The average Bonchev–Trinajstić information content (AvgIpc) is 3.04. The number of hydrogen-bond donors (Lipinski definition) is 3. The van der Waals surface area contributed by atoms with Gasteiger partial charge in [-0.15, -0.1) is 10.2 Å². The summed E-state index contributed by atoms with van der Waals surface area (Å²) in [5.74, 6) is -1.39. The molecule has 0 atom stereocenters. The predicted molar refractivity (Wildman–Crippen MR) is 94.7 cm³/mol. The second-order valence-electron chi connectivity index (χ2n) is 6.25. The van der Waals surface area contributed by atoms with Gasteiger partial charge in [0.1, 0.15) is 10.8 Å². The predicted octanol–water partition coefficient (Wildman–Crippen LogP) is 3.03. The van der Waals surface area contributed by atoms with Crippen LogP contribution in [-0.4, -0.2) is 33.3 Å². The molecule has 0 radical (unpaired) electrons. The molecule has 1 aliphatic rings. The van der Waals surface area contributed by atoms with Crippen LogP contribution in [0.25, 0.3) is 0 Å². The molecule has 2 amide bonds. The van der Waals surface area contributed by atoms with E-state index in [2.05, 4.69) is 20.8 Å². The van der Waals surface area contributed by atoms with Crippen LogP contribution in [0.5, 0.6) is 0 Å². The van der Waals surface area contributed by atoms with E-state index in [0.29, 0.717) is 47.8 Å². The first kappa shape index (κ1) is 18.2. The third kappa shape index (κ3) is 4.75. The van der Waals surface area contributed by atoms with Gasteiger partial charge in [0.25, 0.3) is 0 Å². The number of benzene rings is 1. The first-order chi connectivity index (χ1) is 12.5. The van der Waals surface area contributed by atoms with E-state index in [1.807, 2.05) is 0 Å². The zero-order valence-electron chi connectivity index (χ0n) is 13.9. The molecule has 3 rings (SSSR count). The zero-order valence-corrected chi connectivity index (χ0v) is 14.8. The van der Waals surface area contributed by atoms with Gasteiger partial charge in [0.05, 0.1) is 5.92 Å². The van der Waals surface area contributed by atoms with E-state index < -0.39 is 12.0 Å². The number of carboxylic acid groups (broad SMARTS) is 1. The van der Waals surface area contributed by atoms with Crippen molar-refractivity contribution < 1.29 is 19.1 Å². The SMILES string of the molecule is O=C(Nc1nnc(Cc2ccccc2F)s1)NC1CCC(C(=O)O)CC1. The summed E-state index contributed by atoms with van der Waals surface area (Å²) >= 11 is 1.19. The Balaban J connectivity index is 1.49. The highest BCUT2D eigenvalue weighted by Gasteiger charge is 2.26. The summed E-state index contributed by atoms with van der Waals surface area (Å²) in [7, 11) is 0. The molecule has 1 saturated carbocycles. The van der Waals surface area contributed by atoms with Crippen LogP contribution in [0.15, 0.2) is 24.3 Å². The molecule has 0 unspecified atom stereocenters. The molecular weight excluding hydrogens is 359 g/mol. The Morgan fingerprint density at radius 2 is 1.92 bits per heavy atom. The molecule has 0 bridgehead atoms. The van der Waals surface area contributed by atoms with Gasteiger partial charge in [-0.1, -0.05) is 29.5 Å². The fraction of sp³-hybridized carbons (Fsp3) is 0.412. The molecule has 3 N–H and O–H groups in total. The molecule has 9 heteroatoms. The van der Waals surface area contributed by atoms with E-state index >= 15 is 0 Å². The molecule has 0 saturated heterocycles. The van der Waals surface area contributed by atoms with Gasteiger partial charge in [0, 0.05) is 12.5 Å². The van der Waals surface area contributed by atoms with E-state index in [9.17, 15) is 14.0 Å². The molecular formula is C17H19FN4O3S. The second-order valence-corrected chi connectivity index (χ2v) is 7.32.